The van der Waals surface area contributed by atoms with Crippen LogP contribution in [0, 0.1) is 0 Å². The molecule has 0 bridgehead atoms. The van der Waals surface area contributed by atoms with Gasteiger partial charge in [0.1, 0.15) is 18.1 Å². The Morgan fingerprint density at radius 1 is 0.581 bits per heavy atom. The molecule has 0 saturated carbocycles. The van der Waals surface area contributed by atoms with E-state index in [1.165, 1.54) is 0 Å². The molecular weight excluding hydrogens is 546 g/mol. The lowest BCUT2D eigenvalue weighted by Gasteiger charge is -2.25. The molecule has 8 N–H and O–H groups in total. The van der Waals surface area contributed by atoms with Crippen LogP contribution >= 0.6 is 0 Å². The van der Waals surface area contributed by atoms with Crippen molar-refractivity contribution in [3.63, 3.8) is 0 Å². The Kier molecular flexibility index (Phi) is 13.4. The summed E-state index contributed by atoms with van der Waals surface area (Å²) in [7, 11) is 0. The molecule has 0 saturated heterocycles. The van der Waals surface area contributed by atoms with Gasteiger partial charge in [-0.05, 0) is 36.1 Å². The number of carboxylic acids is 1. The number of carbonyl (C=O) groups is 4. The summed E-state index contributed by atoms with van der Waals surface area (Å²) in [5.41, 5.74) is 14.0. The van der Waals surface area contributed by atoms with Crippen LogP contribution in [-0.2, 0) is 38.4 Å². The molecule has 10 heteroatoms. The van der Waals surface area contributed by atoms with Crippen LogP contribution in [0.4, 0.5) is 0 Å². The molecule has 3 aromatic carbocycles. The summed E-state index contributed by atoms with van der Waals surface area (Å²) in [6, 6.07) is 23.1. The van der Waals surface area contributed by atoms with Crippen LogP contribution in [0.5, 0.6) is 0 Å². The van der Waals surface area contributed by atoms with Crippen molar-refractivity contribution in [3.05, 3.63) is 108 Å². The number of benzene rings is 3. The number of carboxylic acid groups (broad SMARTS) is 1. The molecule has 0 radical (unpaired) electrons. The molecule has 4 unspecified atom stereocenters. The van der Waals surface area contributed by atoms with Crippen molar-refractivity contribution in [2.45, 2.75) is 62.7 Å². The van der Waals surface area contributed by atoms with E-state index in [0.29, 0.717) is 19.4 Å². The normalized spacial score (nSPS) is 13.6. The van der Waals surface area contributed by atoms with Gasteiger partial charge in [0, 0.05) is 19.3 Å². The fourth-order valence-corrected chi connectivity index (χ4v) is 4.63. The van der Waals surface area contributed by atoms with Crippen LogP contribution in [0.3, 0.4) is 0 Å². The van der Waals surface area contributed by atoms with Crippen molar-refractivity contribution in [3.8, 4) is 0 Å². The summed E-state index contributed by atoms with van der Waals surface area (Å²) in [6.45, 7) is 0.492. The lowest BCUT2D eigenvalue weighted by atomic mass is 10.0. The zero-order chi connectivity index (χ0) is 31.0. The van der Waals surface area contributed by atoms with Crippen molar-refractivity contribution in [2.24, 2.45) is 11.5 Å². The molecule has 43 heavy (non-hydrogen) atoms. The molecule has 3 rings (SSSR count). The Morgan fingerprint density at radius 2 is 0.953 bits per heavy atom. The molecule has 3 amide bonds. The Labute approximate surface area is 252 Å². The van der Waals surface area contributed by atoms with Crippen LogP contribution < -0.4 is 27.4 Å². The van der Waals surface area contributed by atoms with Crippen molar-refractivity contribution in [2.75, 3.05) is 6.54 Å². The number of hydrogen-bond acceptors (Lipinski definition) is 6. The third-order valence-electron chi connectivity index (χ3n) is 7.03. The average molecular weight is 588 g/mol. The van der Waals surface area contributed by atoms with E-state index in [9.17, 15) is 24.3 Å². The Balaban J connectivity index is 1.81. The molecule has 0 fully saturated rings. The smallest absolute Gasteiger partial charge is 0.326 e. The van der Waals surface area contributed by atoms with Gasteiger partial charge < -0.3 is 32.5 Å². The standard InChI is InChI=1S/C33H41N5O5/c34-19-11-10-18-26(35)30(39)36-27(20-23-12-4-1-5-13-23)31(40)37-28(21-24-14-6-2-7-15-24)32(41)38-29(33(42)43)22-25-16-8-3-9-17-25/h1-9,12-17,26-29H,10-11,18-22,34-35H2,(H,36,39)(H,37,40)(H,38,41)(H,42,43). The highest BCUT2D eigenvalue weighted by molar-refractivity contribution is 5.94. The molecule has 0 aliphatic heterocycles. The predicted octanol–water partition coefficient (Wildman–Crippen LogP) is 1.71. The van der Waals surface area contributed by atoms with E-state index < -0.39 is 47.9 Å². The second-order valence-corrected chi connectivity index (χ2v) is 10.5. The maximum Gasteiger partial charge on any atom is 0.326 e. The molecule has 0 aromatic heterocycles. The first-order chi connectivity index (χ1) is 20.8. The molecule has 228 valence electrons. The molecule has 3 aromatic rings. The Morgan fingerprint density at radius 3 is 1.35 bits per heavy atom. The number of rotatable bonds is 17. The van der Waals surface area contributed by atoms with Gasteiger partial charge in [-0.2, -0.15) is 0 Å². The number of nitrogens with two attached hydrogens (primary N) is 2. The number of carbonyl (C=O) groups excluding carboxylic acids is 3. The van der Waals surface area contributed by atoms with Crippen LogP contribution in [0.25, 0.3) is 0 Å². The van der Waals surface area contributed by atoms with Gasteiger partial charge in [0.2, 0.25) is 17.7 Å². The lowest BCUT2D eigenvalue weighted by molar-refractivity contribution is -0.142. The third-order valence-corrected chi connectivity index (χ3v) is 7.03. The van der Waals surface area contributed by atoms with Gasteiger partial charge in [0.15, 0.2) is 0 Å². The van der Waals surface area contributed by atoms with E-state index in [0.717, 1.165) is 23.1 Å². The fourth-order valence-electron chi connectivity index (χ4n) is 4.63. The summed E-state index contributed by atoms with van der Waals surface area (Å²) in [5, 5.41) is 18.0. The second kappa shape index (κ2) is 17.4. The quantitative estimate of drug-likeness (QED) is 0.130. The van der Waals surface area contributed by atoms with Gasteiger partial charge in [-0.15, -0.1) is 0 Å². The number of nitrogens with one attached hydrogen (secondary N) is 3. The largest absolute Gasteiger partial charge is 0.480 e. The van der Waals surface area contributed by atoms with Crippen LogP contribution in [0.1, 0.15) is 36.0 Å². The summed E-state index contributed by atoms with van der Waals surface area (Å²) in [6.07, 6.45) is 2.17. The highest BCUT2D eigenvalue weighted by Gasteiger charge is 2.31. The topological polar surface area (TPSA) is 177 Å². The summed E-state index contributed by atoms with van der Waals surface area (Å²) in [5.74, 6) is -2.91. The Hall–Kier alpha value is -4.54. The number of hydrogen-bond donors (Lipinski definition) is 6. The average Bonchev–Trinajstić information content (AvgIpc) is 3.01. The minimum Gasteiger partial charge on any atom is -0.480 e. The first kappa shape index (κ1) is 33.0. The maximum absolute atomic E-state index is 13.7. The van der Waals surface area contributed by atoms with E-state index in [1.54, 1.807) is 24.3 Å². The Bertz CT molecular complexity index is 1310. The maximum atomic E-state index is 13.7. The van der Waals surface area contributed by atoms with Gasteiger partial charge in [-0.1, -0.05) is 97.4 Å². The summed E-state index contributed by atoms with van der Waals surface area (Å²) in [4.78, 5) is 52.3. The minimum atomic E-state index is -1.21. The van der Waals surface area contributed by atoms with E-state index in [2.05, 4.69) is 16.0 Å². The molecule has 0 spiro atoms. The monoisotopic (exact) mass is 587 g/mol. The number of aliphatic carboxylic acids is 1. The van der Waals surface area contributed by atoms with Crippen molar-refractivity contribution in [1.82, 2.24) is 16.0 Å². The van der Waals surface area contributed by atoms with E-state index >= 15 is 0 Å². The van der Waals surface area contributed by atoms with Gasteiger partial charge >= 0.3 is 5.97 Å². The zero-order valence-corrected chi connectivity index (χ0v) is 24.2. The zero-order valence-electron chi connectivity index (χ0n) is 24.2. The van der Waals surface area contributed by atoms with Gasteiger partial charge in [-0.25, -0.2) is 4.79 Å². The molecule has 4 atom stereocenters. The third kappa shape index (κ3) is 11.3. The van der Waals surface area contributed by atoms with E-state index in [-0.39, 0.29) is 19.3 Å². The fraction of sp³-hybridized carbons (Fsp3) is 0.333. The first-order valence-corrected chi connectivity index (χ1v) is 14.5. The SMILES string of the molecule is NCCCCC(N)C(=O)NC(Cc1ccccc1)C(=O)NC(Cc1ccccc1)C(=O)NC(Cc1ccccc1)C(=O)O. The van der Waals surface area contributed by atoms with Gasteiger partial charge in [-0.3, -0.25) is 14.4 Å². The minimum absolute atomic E-state index is 0.0721. The highest BCUT2D eigenvalue weighted by Crippen LogP contribution is 2.10. The van der Waals surface area contributed by atoms with E-state index in [4.69, 9.17) is 11.5 Å². The van der Waals surface area contributed by atoms with Crippen molar-refractivity contribution >= 4 is 23.7 Å². The molecule has 10 nitrogen and oxygen atoms in total. The molecular formula is C33H41N5O5. The molecule has 0 aliphatic carbocycles. The first-order valence-electron chi connectivity index (χ1n) is 14.5. The second-order valence-electron chi connectivity index (χ2n) is 10.5. The van der Waals surface area contributed by atoms with Crippen molar-refractivity contribution in [1.29, 1.82) is 0 Å². The summed E-state index contributed by atoms with van der Waals surface area (Å²) >= 11 is 0. The van der Waals surface area contributed by atoms with Crippen molar-refractivity contribution < 1.29 is 24.3 Å². The van der Waals surface area contributed by atoms with E-state index in [1.807, 2.05) is 66.7 Å². The van der Waals surface area contributed by atoms with Crippen LogP contribution in [0.2, 0.25) is 0 Å². The molecule has 0 heterocycles. The predicted molar refractivity (Wildman–Crippen MR) is 165 cm³/mol. The number of amides is 3. The highest BCUT2D eigenvalue weighted by atomic mass is 16.4. The van der Waals surface area contributed by atoms with Gasteiger partial charge in [0.25, 0.3) is 0 Å². The molecule has 0 aliphatic rings. The van der Waals surface area contributed by atoms with Crippen LogP contribution in [0.15, 0.2) is 91.0 Å². The van der Waals surface area contributed by atoms with Crippen LogP contribution in [-0.4, -0.2) is 59.5 Å². The van der Waals surface area contributed by atoms with Gasteiger partial charge in [0.05, 0.1) is 6.04 Å². The lowest BCUT2D eigenvalue weighted by Crippen LogP contribution is -2.58. The number of unbranched alkanes of at least 4 members (excludes halogenated alkanes) is 1. The summed E-state index contributed by atoms with van der Waals surface area (Å²) < 4.78 is 0.